The second kappa shape index (κ2) is 10.8. The third-order valence-corrected chi connectivity index (χ3v) is 11.6. The Morgan fingerprint density at radius 3 is 1.38 bits per heavy atom. The van der Waals surface area contributed by atoms with E-state index in [1.165, 1.54) is 97.7 Å². The molecule has 12 aromatic rings. The van der Waals surface area contributed by atoms with Gasteiger partial charge < -0.3 is 4.42 Å². The molecule has 0 unspecified atom stereocenters. The SMILES string of the molecule is c1ccc2c(c1)cc(-c1ccc(-c3ccc4c(c3)c3ccccc3c3ccc5c(oc6c7ccccc7c7ccccc7c56)c34)cc1)c1ccccc12. The molecule has 1 heterocycles. The fraction of sp³-hybridized carbons (Fsp3) is 0. The van der Waals surface area contributed by atoms with Crippen molar-refractivity contribution in [2.75, 3.05) is 0 Å². The summed E-state index contributed by atoms with van der Waals surface area (Å²) in [5.74, 6) is 0. The second-order valence-corrected chi connectivity index (χ2v) is 14.3. The maximum Gasteiger partial charge on any atom is 0.143 e. The zero-order valence-corrected chi connectivity index (χ0v) is 28.7. The van der Waals surface area contributed by atoms with Crippen LogP contribution >= 0.6 is 0 Å². The second-order valence-electron chi connectivity index (χ2n) is 14.3. The Hall–Kier alpha value is -6.96. The topological polar surface area (TPSA) is 13.1 Å². The highest BCUT2D eigenvalue weighted by molar-refractivity contribution is 6.36. The maximum atomic E-state index is 7.07. The number of hydrogen-bond donors (Lipinski definition) is 0. The molecule has 0 aliphatic rings. The van der Waals surface area contributed by atoms with E-state index in [0.29, 0.717) is 0 Å². The van der Waals surface area contributed by atoms with Crippen LogP contribution in [0.2, 0.25) is 0 Å². The smallest absolute Gasteiger partial charge is 0.143 e. The van der Waals surface area contributed by atoms with Crippen molar-refractivity contribution < 1.29 is 4.42 Å². The molecule has 0 N–H and O–H groups in total. The van der Waals surface area contributed by atoms with Crippen molar-refractivity contribution in [3.8, 4) is 22.3 Å². The van der Waals surface area contributed by atoms with Crippen molar-refractivity contribution in [1.82, 2.24) is 0 Å². The lowest BCUT2D eigenvalue weighted by Gasteiger charge is -2.13. The number of benzene rings is 11. The average Bonchev–Trinajstić information content (AvgIpc) is 3.64. The van der Waals surface area contributed by atoms with E-state index in [9.17, 15) is 0 Å². The monoisotopic (exact) mass is 670 g/mol. The van der Waals surface area contributed by atoms with Crippen molar-refractivity contribution in [1.29, 1.82) is 0 Å². The molecule has 0 atom stereocenters. The Labute approximate surface area is 304 Å². The van der Waals surface area contributed by atoms with Gasteiger partial charge in [-0.3, -0.25) is 0 Å². The summed E-state index contributed by atoms with van der Waals surface area (Å²) in [6, 6.07) is 66.7. The Bertz CT molecular complexity index is 3490. The molecule has 0 fully saturated rings. The van der Waals surface area contributed by atoms with E-state index in [-0.39, 0.29) is 0 Å². The van der Waals surface area contributed by atoms with Crippen LogP contribution in [0.15, 0.2) is 186 Å². The minimum absolute atomic E-state index is 0.953. The first-order chi connectivity index (χ1) is 26.3. The van der Waals surface area contributed by atoms with Gasteiger partial charge in [0, 0.05) is 21.5 Å². The maximum absolute atomic E-state index is 7.07. The fourth-order valence-electron chi connectivity index (χ4n) is 9.21. The lowest BCUT2D eigenvalue weighted by atomic mass is 9.90. The summed E-state index contributed by atoms with van der Waals surface area (Å²) in [5, 5.41) is 19.6. The summed E-state index contributed by atoms with van der Waals surface area (Å²) in [4.78, 5) is 0. The molecule has 0 saturated heterocycles. The molecule has 1 nitrogen and oxygen atoms in total. The Kier molecular flexibility index (Phi) is 5.84. The van der Waals surface area contributed by atoms with Gasteiger partial charge >= 0.3 is 0 Å². The van der Waals surface area contributed by atoms with Gasteiger partial charge in [-0.15, -0.1) is 0 Å². The van der Waals surface area contributed by atoms with Crippen LogP contribution in [-0.4, -0.2) is 0 Å². The Balaban J connectivity index is 1.09. The van der Waals surface area contributed by atoms with Crippen LogP contribution in [0, 0.1) is 0 Å². The molecule has 0 amide bonds. The normalized spacial score (nSPS) is 12.2. The van der Waals surface area contributed by atoms with Gasteiger partial charge in [0.1, 0.15) is 11.2 Å². The minimum Gasteiger partial charge on any atom is -0.455 e. The molecule has 0 saturated carbocycles. The van der Waals surface area contributed by atoms with Crippen LogP contribution < -0.4 is 0 Å². The Morgan fingerprint density at radius 2 is 0.660 bits per heavy atom. The van der Waals surface area contributed by atoms with E-state index in [4.69, 9.17) is 4.42 Å². The quantitative estimate of drug-likeness (QED) is 0.167. The first-order valence-corrected chi connectivity index (χ1v) is 18.3. The minimum atomic E-state index is 0.953. The number of rotatable bonds is 2. The molecule has 0 aliphatic carbocycles. The molecule has 12 rings (SSSR count). The van der Waals surface area contributed by atoms with E-state index in [2.05, 4.69) is 182 Å². The van der Waals surface area contributed by atoms with Gasteiger partial charge in [0.2, 0.25) is 0 Å². The summed E-state index contributed by atoms with van der Waals surface area (Å²) in [6.07, 6.45) is 0. The zero-order chi connectivity index (χ0) is 34.6. The number of hydrogen-bond acceptors (Lipinski definition) is 1. The summed E-state index contributed by atoms with van der Waals surface area (Å²) >= 11 is 0. The van der Waals surface area contributed by atoms with Crippen LogP contribution in [0.1, 0.15) is 0 Å². The molecular formula is C52H30O. The molecule has 0 radical (unpaired) electrons. The van der Waals surface area contributed by atoms with Gasteiger partial charge in [0.05, 0.1) is 0 Å². The van der Waals surface area contributed by atoms with Crippen molar-refractivity contribution in [3.63, 3.8) is 0 Å². The molecule has 0 bridgehead atoms. The highest BCUT2D eigenvalue weighted by Crippen LogP contribution is 2.46. The predicted octanol–water partition coefficient (Wildman–Crippen LogP) is 15.0. The highest BCUT2D eigenvalue weighted by Gasteiger charge is 2.20. The number of furan rings is 1. The first-order valence-electron chi connectivity index (χ1n) is 18.3. The lowest BCUT2D eigenvalue weighted by Crippen LogP contribution is -1.87. The average molecular weight is 671 g/mol. The molecule has 11 aromatic carbocycles. The lowest BCUT2D eigenvalue weighted by molar-refractivity contribution is 0.677. The van der Waals surface area contributed by atoms with Gasteiger partial charge in [-0.25, -0.2) is 0 Å². The molecule has 0 spiro atoms. The molecule has 53 heavy (non-hydrogen) atoms. The van der Waals surface area contributed by atoms with Crippen LogP contribution in [0.5, 0.6) is 0 Å². The zero-order valence-electron chi connectivity index (χ0n) is 28.7. The van der Waals surface area contributed by atoms with Gasteiger partial charge in [-0.1, -0.05) is 164 Å². The highest BCUT2D eigenvalue weighted by atomic mass is 16.3. The summed E-state index contributed by atoms with van der Waals surface area (Å²) < 4.78 is 7.07. The van der Waals surface area contributed by atoms with Gasteiger partial charge in [0.15, 0.2) is 0 Å². The largest absolute Gasteiger partial charge is 0.455 e. The van der Waals surface area contributed by atoms with E-state index >= 15 is 0 Å². The summed E-state index contributed by atoms with van der Waals surface area (Å²) in [5.41, 5.74) is 6.79. The van der Waals surface area contributed by atoms with Crippen LogP contribution in [0.3, 0.4) is 0 Å². The molecular weight excluding hydrogens is 641 g/mol. The van der Waals surface area contributed by atoms with E-state index in [1.54, 1.807) is 0 Å². The fourth-order valence-corrected chi connectivity index (χ4v) is 9.21. The first kappa shape index (κ1) is 28.7. The molecule has 244 valence electrons. The van der Waals surface area contributed by atoms with Crippen LogP contribution in [0.25, 0.3) is 120 Å². The van der Waals surface area contributed by atoms with E-state index < -0.39 is 0 Å². The van der Waals surface area contributed by atoms with Gasteiger partial charge in [-0.05, 0) is 105 Å². The van der Waals surface area contributed by atoms with Crippen LogP contribution in [-0.2, 0) is 0 Å². The van der Waals surface area contributed by atoms with Gasteiger partial charge in [-0.2, -0.15) is 0 Å². The summed E-state index contributed by atoms with van der Waals surface area (Å²) in [7, 11) is 0. The standard InChI is InChI=1S/C52H30O/c1-2-12-35-34(11-1)30-47(40-17-5-3-13-36(35)40)32-23-21-31(22-24-32)33-25-26-44-48(29-33)41-18-6-4-15-38(41)43-27-28-46-50-42-19-9-7-14-37(42)39-16-8-10-20-45(39)51(50)53-52(46)49(43)44/h1-30H. The molecule has 0 aliphatic heterocycles. The predicted molar refractivity (Wildman–Crippen MR) is 227 cm³/mol. The van der Waals surface area contributed by atoms with Crippen molar-refractivity contribution in [2.24, 2.45) is 0 Å². The van der Waals surface area contributed by atoms with E-state index in [0.717, 1.165) is 21.9 Å². The third kappa shape index (κ3) is 4.02. The molecule has 1 heteroatoms. The molecule has 1 aromatic heterocycles. The van der Waals surface area contributed by atoms with Crippen molar-refractivity contribution in [3.05, 3.63) is 182 Å². The van der Waals surface area contributed by atoms with Crippen LogP contribution in [0.4, 0.5) is 0 Å². The Morgan fingerprint density at radius 1 is 0.245 bits per heavy atom. The van der Waals surface area contributed by atoms with E-state index in [1.807, 2.05) is 0 Å². The number of fused-ring (bicyclic) bond motifs is 18. The van der Waals surface area contributed by atoms with Gasteiger partial charge in [0.25, 0.3) is 0 Å². The summed E-state index contributed by atoms with van der Waals surface area (Å²) in [6.45, 7) is 0. The van der Waals surface area contributed by atoms with Crippen molar-refractivity contribution >= 4 is 97.3 Å². The van der Waals surface area contributed by atoms with Crippen molar-refractivity contribution in [2.45, 2.75) is 0 Å². The third-order valence-electron chi connectivity index (χ3n) is 11.6.